The highest BCUT2D eigenvalue weighted by atomic mass is 16.2. The van der Waals surface area contributed by atoms with Crippen molar-refractivity contribution in [1.82, 2.24) is 5.43 Å². The van der Waals surface area contributed by atoms with Gasteiger partial charge in [-0.25, -0.2) is 5.43 Å². The van der Waals surface area contributed by atoms with Crippen LogP contribution in [0.15, 0.2) is 16.8 Å². The van der Waals surface area contributed by atoms with Crippen LogP contribution in [0.25, 0.3) is 0 Å². The van der Waals surface area contributed by atoms with Crippen molar-refractivity contribution in [3.8, 4) is 0 Å². The molecule has 2 fully saturated rings. The highest BCUT2D eigenvalue weighted by molar-refractivity contribution is 5.84. The number of carbonyl (C=O) groups is 1. The van der Waals surface area contributed by atoms with Crippen molar-refractivity contribution in [2.24, 2.45) is 28.3 Å². The minimum atomic E-state index is 0.0865. The summed E-state index contributed by atoms with van der Waals surface area (Å²) in [5.41, 5.74) is 4.39. The Bertz CT molecular complexity index is 404. The van der Waals surface area contributed by atoms with Gasteiger partial charge < -0.3 is 0 Å². The van der Waals surface area contributed by atoms with Crippen LogP contribution in [-0.2, 0) is 4.79 Å². The second-order valence-corrected chi connectivity index (χ2v) is 6.25. The Kier molecular flexibility index (Phi) is 2.39. The first-order valence-corrected chi connectivity index (χ1v) is 6.62. The van der Waals surface area contributed by atoms with Crippen LogP contribution in [0.4, 0.5) is 0 Å². The molecule has 0 aromatic rings. The number of nitrogens with one attached hydrogen (secondary N) is 1. The highest BCUT2D eigenvalue weighted by Crippen LogP contribution is 2.58. The van der Waals surface area contributed by atoms with E-state index in [2.05, 4.69) is 30.5 Å². The number of hydrogen-bond donors (Lipinski definition) is 1. The first kappa shape index (κ1) is 11.0. The Morgan fingerprint density at radius 1 is 1.53 bits per heavy atom. The van der Waals surface area contributed by atoms with E-state index in [4.69, 9.17) is 0 Å². The zero-order valence-electron chi connectivity index (χ0n) is 10.6. The van der Waals surface area contributed by atoms with Crippen LogP contribution in [0.3, 0.4) is 0 Å². The SMILES string of the molecule is CC1(C)[C@H]2CC=C(/C=N\NC(=O)C3CC3)[C@@H]1C2. The number of hydrazone groups is 1. The molecule has 92 valence electrons. The molecule has 2 bridgehead atoms. The van der Waals surface area contributed by atoms with Gasteiger partial charge in [0, 0.05) is 5.92 Å². The Morgan fingerprint density at radius 2 is 2.29 bits per heavy atom. The minimum absolute atomic E-state index is 0.0865. The van der Waals surface area contributed by atoms with Gasteiger partial charge in [-0.1, -0.05) is 19.9 Å². The second-order valence-electron chi connectivity index (χ2n) is 6.25. The van der Waals surface area contributed by atoms with E-state index in [9.17, 15) is 4.79 Å². The minimum Gasteiger partial charge on any atom is -0.273 e. The van der Waals surface area contributed by atoms with E-state index >= 15 is 0 Å². The van der Waals surface area contributed by atoms with Gasteiger partial charge in [0.15, 0.2) is 0 Å². The molecule has 0 aliphatic heterocycles. The highest BCUT2D eigenvalue weighted by Gasteiger charge is 2.50. The Morgan fingerprint density at radius 3 is 2.88 bits per heavy atom. The normalized spacial score (nSPS) is 34.1. The largest absolute Gasteiger partial charge is 0.273 e. The molecule has 4 rings (SSSR count). The number of nitrogens with zero attached hydrogens (tertiary/aromatic N) is 1. The molecule has 17 heavy (non-hydrogen) atoms. The Labute approximate surface area is 102 Å². The number of allylic oxidation sites excluding steroid dienone is 2. The summed E-state index contributed by atoms with van der Waals surface area (Å²) < 4.78 is 0. The van der Waals surface area contributed by atoms with Gasteiger partial charge in [-0.15, -0.1) is 0 Å². The van der Waals surface area contributed by atoms with E-state index in [1.807, 2.05) is 6.21 Å². The third-order valence-electron chi connectivity index (χ3n) is 4.85. The van der Waals surface area contributed by atoms with E-state index in [-0.39, 0.29) is 11.8 Å². The van der Waals surface area contributed by atoms with Crippen molar-refractivity contribution in [2.75, 3.05) is 0 Å². The van der Waals surface area contributed by atoms with Crippen LogP contribution in [0, 0.1) is 23.2 Å². The molecular weight excluding hydrogens is 212 g/mol. The maximum atomic E-state index is 11.4. The van der Waals surface area contributed by atoms with E-state index in [0.29, 0.717) is 11.3 Å². The van der Waals surface area contributed by atoms with Crippen LogP contribution in [-0.4, -0.2) is 12.1 Å². The van der Waals surface area contributed by atoms with Crippen LogP contribution < -0.4 is 5.43 Å². The molecule has 0 heterocycles. The average molecular weight is 232 g/mol. The molecule has 3 heteroatoms. The first-order valence-electron chi connectivity index (χ1n) is 6.62. The summed E-state index contributed by atoms with van der Waals surface area (Å²) in [5, 5.41) is 4.10. The van der Waals surface area contributed by atoms with Gasteiger partial charge >= 0.3 is 0 Å². The first-order chi connectivity index (χ1) is 8.09. The zero-order valence-corrected chi connectivity index (χ0v) is 10.6. The molecule has 0 radical (unpaired) electrons. The molecule has 4 aliphatic rings. The number of fused-ring (bicyclic) bond motifs is 1. The summed E-state index contributed by atoms with van der Waals surface area (Å²) >= 11 is 0. The molecule has 0 spiro atoms. The molecule has 0 unspecified atom stereocenters. The third kappa shape index (κ3) is 1.81. The summed E-state index contributed by atoms with van der Waals surface area (Å²) in [4.78, 5) is 11.4. The number of hydrogen-bond acceptors (Lipinski definition) is 2. The van der Waals surface area contributed by atoms with E-state index in [0.717, 1.165) is 18.8 Å². The maximum Gasteiger partial charge on any atom is 0.243 e. The lowest BCUT2D eigenvalue weighted by atomic mass is 9.49. The van der Waals surface area contributed by atoms with Crippen molar-refractivity contribution in [3.05, 3.63) is 11.6 Å². The lowest BCUT2D eigenvalue weighted by Crippen LogP contribution is -2.48. The average Bonchev–Trinajstić information content (AvgIpc) is 3.12. The summed E-state index contributed by atoms with van der Waals surface area (Å²) in [7, 11) is 0. The molecule has 0 saturated heterocycles. The molecule has 1 amide bonds. The smallest absolute Gasteiger partial charge is 0.243 e. The van der Waals surface area contributed by atoms with Crippen LogP contribution in [0.1, 0.15) is 39.5 Å². The van der Waals surface area contributed by atoms with Crippen molar-refractivity contribution in [3.63, 3.8) is 0 Å². The predicted molar refractivity (Wildman–Crippen MR) is 67.4 cm³/mol. The molecule has 4 aliphatic carbocycles. The number of rotatable bonds is 3. The summed E-state index contributed by atoms with van der Waals surface area (Å²) in [6, 6.07) is 0. The van der Waals surface area contributed by atoms with Crippen molar-refractivity contribution < 1.29 is 4.79 Å². The Balaban J connectivity index is 1.60. The van der Waals surface area contributed by atoms with Gasteiger partial charge in [0.2, 0.25) is 5.91 Å². The van der Waals surface area contributed by atoms with Crippen LogP contribution in [0.2, 0.25) is 0 Å². The third-order valence-corrected chi connectivity index (χ3v) is 4.85. The quantitative estimate of drug-likeness (QED) is 0.589. The summed E-state index contributed by atoms with van der Waals surface area (Å²) in [5.74, 6) is 1.81. The second kappa shape index (κ2) is 3.69. The Hall–Kier alpha value is -1.12. The summed E-state index contributed by atoms with van der Waals surface area (Å²) in [6.45, 7) is 4.69. The zero-order chi connectivity index (χ0) is 12.0. The molecular formula is C14H20N2O. The van der Waals surface area contributed by atoms with Crippen molar-refractivity contribution >= 4 is 12.1 Å². The van der Waals surface area contributed by atoms with Crippen molar-refractivity contribution in [2.45, 2.75) is 39.5 Å². The fourth-order valence-corrected chi connectivity index (χ4v) is 3.15. The van der Waals surface area contributed by atoms with Gasteiger partial charge in [-0.2, -0.15) is 5.10 Å². The molecule has 2 saturated carbocycles. The van der Waals surface area contributed by atoms with E-state index in [1.54, 1.807) is 0 Å². The standard InChI is InChI=1S/C14H20N2O/c1-14(2)11-6-5-10(12(14)7-11)8-15-16-13(17)9-3-4-9/h5,8-9,11-12H,3-4,6-7H2,1-2H3,(H,16,17)/b15-8-/t11-,12-/m0/s1. The van der Waals surface area contributed by atoms with Gasteiger partial charge in [-0.05, 0) is 48.5 Å². The maximum absolute atomic E-state index is 11.4. The van der Waals surface area contributed by atoms with Crippen LogP contribution in [0.5, 0.6) is 0 Å². The van der Waals surface area contributed by atoms with Gasteiger partial charge in [0.05, 0.1) is 6.21 Å². The molecule has 2 atom stereocenters. The summed E-state index contributed by atoms with van der Waals surface area (Å²) in [6.07, 6.45) is 8.67. The van der Waals surface area contributed by atoms with Crippen LogP contribution >= 0.6 is 0 Å². The number of carbonyl (C=O) groups excluding carboxylic acids is 1. The lowest BCUT2D eigenvalue weighted by molar-refractivity contribution is -0.122. The monoisotopic (exact) mass is 232 g/mol. The van der Waals surface area contributed by atoms with Gasteiger partial charge in [-0.3, -0.25) is 4.79 Å². The molecule has 0 aromatic carbocycles. The fraction of sp³-hybridized carbons (Fsp3) is 0.714. The van der Waals surface area contributed by atoms with Gasteiger partial charge in [0.1, 0.15) is 0 Å². The molecule has 0 aromatic heterocycles. The molecule has 3 nitrogen and oxygen atoms in total. The van der Waals surface area contributed by atoms with E-state index in [1.165, 1.54) is 18.4 Å². The van der Waals surface area contributed by atoms with Crippen molar-refractivity contribution in [1.29, 1.82) is 0 Å². The topological polar surface area (TPSA) is 41.5 Å². The number of amides is 1. The van der Waals surface area contributed by atoms with E-state index < -0.39 is 0 Å². The fourth-order valence-electron chi connectivity index (χ4n) is 3.15. The predicted octanol–water partition coefficient (Wildman–Crippen LogP) is 2.49. The lowest BCUT2D eigenvalue weighted by Gasteiger charge is -2.55. The van der Waals surface area contributed by atoms with Gasteiger partial charge in [0.25, 0.3) is 0 Å². The molecule has 1 N–H and O–H groups in total.